The summed E-state index contributed by atoms with van der Waals surface area (Å²) in [6.07, 6.45) is 28.9. The molecule has 0 rings (SSSR count). The third-order valence-corrected chi connectivity index (χ3v) is 5.20. The van der Waals surface area contributed by atoms with E-state index in [1.54, 1.807) is 7.11 Å². The van der Waals surface area contributed by atoms with E-state index < -0.39 is 0 Å². The van der Waals surface area contributed by atoms with Gasteiger partial charge < -0.3 is 4.74 Å². The molecule has 0 amide bonds. The quantitative estimate of drug-likeness (QED) is 0.190. The number of methoxy groups -OCH3 is 1. The van der Waals surface area contributed by atoms with Crippen LogP contribution in [0, 0.1) is 0 Å². The van der Waals surface area contributed by atoms with Crippen LogP contribution in [-0.2, 0) is 4.74 Å². The molecule has 1 nitrogen and oxygen atoms in total. The molecule has 0 aliphatic heterocycles. The number of hydrogen-bond acceptors (Lipinski definition) is 1. The molecule has 0 fully saturated rings. The highest BCUT2D eigenvalue weighted by atomic mass is 16.5. The van der Waals surface area contributed by atoms with Crippen LogP contribution in [-0.4, -0.2) is 13.7 Å². The smallest absolute Gasteiger partial charge is 0.0462 e. The van der Waals surface area contributed by atoms with Gasteiger partial charge in [0.1, 0.15) is 0 Å². The van der Waals surface area contributed by atoms with Gasteiger partial charge in [-0.3, -0.25) is 0 Å². The van der Waals surface area contributed by atoms with Crippen molar-refractivity contribution in [2.24, 2.45) is 0 Å². The van der Waals surface area contributed by atoms with E-state index in [4.69, 9.17) is 4.74 Å². The first-order valence-electron chi connectivity index (χ1n) is 11.4. The van der Waals surface area contributed by atoms with Crippen LogP contribution in [0.25, 0.3) is 0 Å². The van der Waals surface area contributed by atoms with Crippen LogP contribution >= 0.6 is 0 Å². The fourth-order valence-corrected chi connectivity index (χ4v) is 3.50. The minimum Gasteiger partial charge on any atom is -0.385 e. The minimum atomic E-state index is 0.943. The molecule has 0 spiro atoms. The second kappa shape index (κ2) is 23.0. The molecule has 0 unspecified atom stereocenters. The molecule has 0 radical (unpaired) electrons. The molecule has 0 aromatic rings. The van der Waals surface area contributed by atoms with Gasteiger partial charge in [-0.25, -0.2) is 0 Å². The molecule has 0 aliphatic rings. The Hall–Kier alpha value is -0.0400. The molecular weight excluding hydrogens is 292 g/mol. The maximum Gasteiger partial charge on any atom is 0.0462 e. The molecule has 0 atom stereocenters. The van der Waals surface area contributed by atoms with Crippen molar-refractivity contribution in [3.05, 3.63) is 0 Å². The van der Waals surface area contributed by atoms with Crippen LogP contribution in [0.2, 0.25) is 0 Å². The van der Waals surface area contributed by atoms with Crippen molar-refractivity contribution >= 4 is 0 Å². The summed E-state index contributed by atoms with van der Waals surface area (Å²) in [5.41, 5.74) is 0. The molecule has 146 valence electrons. The summed E-state index contributed by atoms with van der Waals surface area (Å²) in [4.78, 5) is 0. The minimum absolute atomic E-state index is 0.943. The Morgan fingerprint density at radius 1 is 0.375 bits per heavy atom. The van der Waals surface area contributed by atoms with Crippen LogP contribution in [0.3, 0.4) is 0 Å². The number of rotatable bonds is 21. The molecule has 0 aliphatic carbocycles. The van der Waals surface area contributed by atoms with Crippen molar-refractivity contribution in [1.82, 2.24) is 0 Å². The molecule has 0 saturated heterocycles. The summed E-state index contributed by atoms with van der Waals surface area (Å²) in [6.45, 7) is 3.24. The van der Waals surface area contributed by atoms with Crippen molar-refractivity contribution < 1.29 is 4.74 Å². The zero-order valence-electron chi connectivity index (χ0n) is 17.3. The van der Waals surface area contributed by atoms with Crippen LogP contribution in [0.1, 0.15) is 135 Å². The van der Waals surface area contributed by atoms with E-state index in [-0.39, 0.29) is 0 Å². The fourth-order valence-electron chi connectivity index (χ4n) is 3.50. The second-order valence-electron chi connectivity index (χ2n) is 7.71. The van der Waals surface area contributed by atoms with Crippen molar-refractivity contribution in [2.45, 2.75) is 135 Å². The first-order valence-corrected chi connectivity index (χ1v) is 11.4. The van der Waals surface area contributed by atoms with Gasteiger partial charge in [-0.2, -0.15) is 0 Å². The van der Waals surface area contributed by atoms with Gasteiger partial charge in [-0.15, -0.1) is 0 Å². The lowest BCUT2D eigenvalue weighted by atomic mass is 10.0. The molecule has 1 heteroatoms. The predicted molar refractivity (Wildman–Crippen MR) is 110 cm³/mol. The summed E-state index contributed by atoms with van der Waals surface area (Å²) in [7, 11) is 1.80. The lowest BCUT2D eigenvalue weighted by Crippen LogP contribution is -1.88. The van der Waals surface area contributed by atoms with Gasteiger partial charge in [0.15, 0.2) is 0 Å². The fraction of sp³-hybridized carbons (Fsp3) is 1.00. The van der Waals surface area contributed by atoms with Crippen molar-refractivity contribution in [3.63, 3.8) is 0 Å². The molecular formula is C23H48O. The van der Waals surface area contributed by atoms with Gasteiger partial charge in [-0.05, 0) is 6.42 Å². The Labute approximate surface area is 154 Å². The summed E-state index contributed by atoms with van der Waals surface area (Å²) in [5.74, 6) is 0. The average molecular weight is 341 g/mol. The van der Waals surface area contributed by atoms with E-state index in [2.05, 4.69) is 6.92 Å². The second-order valence-corrected chi connectivity index (χ2v) is 7.71. The molecule has 0 bridgehead atoms. The van der Waals surface area contributed by atoms with Crippen LogP contribution in [0.15, 0.2) is 0 Å². The van der Waals surface area contributed by atoms with E-state index in [0.717, 1.165) is 6.61 Å². The van der Waals surface area contributed by atoms with Gasteiger partial charge in [0.05, 0.1) is 0 Å². The van der Waals surface area contributed by atoms with Gasteiger partial charge in [0.25, 0.3) is 0 Å². The van der Waals surface area contributed by atoms with Crippen LogP contribution in [0.5, 0.6) is 0 Å². The van der Waals surface area contributed by atoms with Crippen LogP contribution in [0.4, 0.5) is 0 Å². The standard InChI is InChI=1S/C23H48O/c1-3-4-5-6-7-8-9-10-11-12-13-14-15-16-17-18-19-20-21-22-23-24-2/h3-23H2,1-2H3. The first kappa shape index (κ1) is 24.0. The highest BCUT2D eigenvalue weighted by Crippen LogP contribution is 2.14. The zero-order valence-corrected chi connectivity index (χ0v) is 17.3. The SMILES string of the molecule is CCCCCCCCCCCCCCCCCCCCCCOC. The maximum absolute atomic E-state index is 5.08. The van der Waals surface area contributed by atoms with Gasteiger partial charge in [0.2, 0.25) is 0 Å². The number of ether oxygens (including phenoxy) is 1. The van der Waals surface area contributed by atoms with Crippen molar-refractivity contribution in [1.29, 1.82) is 0 Å². The summed E-state index contributed by atoms with van der Waals surface area (Å²) >= 11 is 0. The summed E-state index contributed by atoms with van der Waals surface area (Å²) in [5, 5.41) is 0. The third-order valence-electron chi connectivity index (χ3n) is 5.20. The van der Waals surface area contributed by atoms with E-state index >= 15 is 0 Å². The molecule has 0 aromatic heterocycles. The van der Waals surface area contributed by atoms with E-state index in [0.29, 0.717) is 0 Å². The Bertz CT molecular complexity index is 180. The Morgan fingerprint density at radius 3 is 0.875 bits per heavy atom. The molecule has 0 aromatic carbocycles. The zero-order chi connectivity index (χ0) is 17.6. The van der Waals surface area contributed by atoms with E-state index in [1.165, 1.54) is 128 Å². The monoisotopic (exact) mass is 340 g/mol. The third kappa shape index (κ3) is 22.0. The predicted octanol–water partition coefficient (Wildman–Crippen LogP) is 8.45. The Kier molecular flexibility index (Phi) is 22.9. The molecule has 0 saturated carbocycles. The van der Waals surface area contributed by atoms with Gasteiger partial charge in [0, 0.05) is 13.7 Å². The van der Waals surface area contributed by atoms with E-state index in [9.17, 15) is 0 Å². The molecule has 0 N–H and O–H groups in total. The normalized spacial score (nSPS) is 11.2. The van der Waals surface area contributed by atoms with Gasteiger partial charge >= 0.3 is 0 Å². The molecule has 0 heterocycles. The largest absolute Gasteiger partial charge is 0.385 e. The van der Waals surface area contributed by atoms with Crippen LogP contribution < -0.4 is 0 Å². The lowest BCUT2D eigenvalue weighted by Gasteiger charge is -2.04. The van der Waals surface area contributed by atoms with Crippen molar-refractivity contribution in [3.8, 4) is 0 Å². The number of hydrogen-bond donors (Lipinski definition) is 0. The highest BCUT2D eigenvalue weighted by molar-refractivity contribution is 4.50. The first-order chi connectivity index (χ1) is 11.9. The average Bonchev–Trinajstić information content (AvgIpc) is 2.60. The highest BCUT2D eigenvalue weighted by Gasteiger charge is 1.95. The summed E-state index contributed by atoms with van der Waals surface area (Å²) in [6, 6.07) is 0. The Balaban J connectivity index is 2.93. The molecule has 24 heavy (non-hydrogen) atoms. The van der Waals surface area contributed by atoms with Gasteiger partial charge in [-0.1, -0.05) is 129 Å². The topological polar surface area (TPSA) is 9.23 Å². The Morgan fingerprint density at radius 2 is 0.625 bits per heavy atom. The summed E-state index contributed by atoms with van der Waals surface area (Å²) < 4.78 is 5.08. The maximum atomic E-state index is 5.08. The lowest BCUT2D eigenvalue weighted by molar-refractivity contribution is 0.192. The number of unbranched alkanes of at least 4 members (excludes halogenated alkanes) is 19. The van der Waals surface area contributed by atoms with E-state index in [1.807, 2.05) is 0 Å². The van der Waals surface area contributed by atoms with Crippen molar-refractivity contribution in [2.75, 3.05) is 13.7 Å².